The number of carbonyl (C=O) groups excluding carboxylic acids is 2. The van der Waals surface area contributed by atoms with E-state index >= 15 is 0 Å². The highest BCUT2D eigenvalue weighted by atomic mass is 16.6. The molecule has 30 heavy (non-hydrogen) atoms. The Bertz CT molecular complexity index is 612. The lowest BCUT2D eigenvalue weighted by molar-refractivity contribution is 0.00904. The molecule has 0 saturated carbocycles. The van der Waals surface area contributed by atoms with E-state index in [0.29, 0.717) is 64.1 Å². The maximum Gasteiger partial charge on any atom is 0.407 e. The molecule has 1 aromatic rings. The van der Waals surface area contributed by atoms with Crippen LogP contribution in [-0.2, 0) is 23.7 Å². The second-order valence-corrected chi connectivity index (χ2v) is 7.13. The van der Waals surface area contributed by atoms with Gasteiger partial charge in [-0.05, 0) is 45.0 Å². The van der Waals surface area contributed by atoms with Crippen molar-refractivity contribution < 1.29 is 38.0 Å². The average Bonchev–Trinajstić information content (AvgIpc) is 2.70. The zero-order chi connectivity index (χ0) is 22.2. The molecule has 0 unspecified atom stereocenters. The first-order chi connectivity index (χ1) is 14.3. The van der Waals surface area contributed by atoms with E-state index in [2.05, 4.69) is 10.1 Å². The number of nitrogens with one attached hydrogen (secondary N) is 1. The minimum atomic E-state index is -0.510. The summed E-state index contributed by atoms with van der Waals surface area (Å²) in [6, 6.07) is 6.70. The van der Waals surface area contributed by atoms with Crippen molar-refractivity contribution in [2.24, 2.45) is 0 Å². The standard InChI is InChI=1S/C21H33NO8/c1-21(2,3)30-20(24)22-9-10-26-11-12-27-13-14-28-15-16-29-18-7-5-17(6-8-18)19(23)25-4/h5-8H,9-16H2,1-4H3,(H,22,24). The molecule has 0 aliphatic heterocycles. The van der Waals surface area contributed by atoms with Crippen LogP contribution in [0.3, 0.4) is 0 Å². The Morgan fingerprint density at radius 2 is 1.37 bits per heavy atom. The lowest BCUT2D eigenvalue weighted by atomic mass is 10.2. The van der Waals surface area contributed by atoms with Crippen molar-refractivity contribution in [3.05, 3.63) is 29.8 Å². The highest BCUT2D eigenvalue weighted by Crippen LogP contribution is 2.12. The first kappa shape index (κ1) is 25.7. The summed E-state index contributed by atoms with van der Waals surface area (Å²) in [5.41, 5.74) is -0.0360. The Morgan fingerprint density at radius 3 is 1.90 bits per heavy atom. The zero-order valence-electron chi connectivity index (χ0n) is 18.2. The molecule has 0 heterocycles. The molecule has 9 heteroatoms. The molecule has 0 aliphatic rings. The normalized spacial score (nSPS) is 11.1. The number of esters is 1. The Balaban J connectivity index is 1.89. The van der Waals surface area contributed by atoms with Gasteiger partial charge in [0.1, 0.15) is 18.0 Å². The molecule has 1 N–H and O–H groups in total. The van der Waals surface area contributed by atoms with E-state index in [4.69, 9.17) is 23.7 Å². The molecule has 1 rings (SSSR count). The van der Waals surface area contributed by atoms with Crippen LogP contribution in [0.2, 0.25) is 0 Å². The summed E-state index contributed by atoms with van der Waals surface area (Å²) in [7, 11) is 1.34. The van der Waals surface area contributed by atoms with E-state index < -0.39 is 11.7 Å². The minimum Gasteiger partial charge on any atom is -0.491 e. The van der Waals surface area contributed by atoms with Crippen molar-refractivity contribution in [3.8, 4) is 5.75 Å². The number of hydrogen-bond donors (Lipinski definition) is 1. The van der Waals surface area contributed by atoms with Crippen molar-refractivity contribution in [1.29, 1.82) is 0 Å². The number of benzene rings is 1. The third kappa shape index (κ3) is 13.0. The van der Waals surface area contributed by atoms with Crippen molar-refractivity contribution >= 4 is 12.1 Å². The first-order valence-corrected chi connectivity index (χ1v) is 9.83. The van der Waals surface area contributed by atoms with Gasteiger partial charge in [-0.25, -0.2) is 9.59 Å². The van der Waals surface area contributed by atoms with Crippen LogP contribution in [-0.4, -0.2) is 77.6 Å². The fraction of sp³-hybridized carbons (Fsp3) is 0.619. The number of alkyl carbamates (subject to hydrolysis) is 1. The summed E-state index contributed by atoms with van der Waals surface area (Å²) in [5, 5.41) is 2.61. The predicted molar refractivity (Wildman–Crippen MR) is 110 cm³/mol. The highest BCUT2D eigenvalue weighted by Gasteiger charge is 2.15. The molecular weight excluding hydrogens is 394 g/mol. The number of methoxy groups -OCH3 is 1. The number of amides is 1. The third-order valence-corrected chi connectivity index (χ3v) is 3.43. The van der Waals surface area contributed by atoms with Gasteiger partial charge in [-0.3, -0.25) is 0 Å². The van der Waals surface area contributed by atoms with Crippen LogP contribution in [0.25, 0.3) is 0 Å². The summed E-state index contributed by atoms with van der Waals surface area (Å²) in [6.45, 7) is 8.79. The van der Waals surface area contributed by atoms with Crippen molar-refractivity contribution in [2.75, 3.05) is 59.9 Å². The molecule has 1 amide bonds. The van der Waals surface area contributed by atoms with Gasteiger partial charge in [-0.1, -0.05) is 0 Å². The number of carbonyl (C=O) groups is 2. The molecule has 1 aromatic carbocycles. The predicted octanol–water partition coefficient (Wildman–Crippen LogP) is 2.43. The van der Waals surface area contributed by atoms with Crippen LogP contribution in [0.1, 0.15) is 31.1 Å². The summed E-state index contributed by atoms with van der Waals surface area (Å²) >= 11 is 0. The van der Waals surface area contributed by atoms with Gasteiger partial charge >= 0.3 is 12.1 Å². The lowest BCUT2D eigenvalue weighted by Crippen LogP contribution is -2.34. The van der Waals surface area contributed by atoms with Crippen molar-refractivity contribution in [3.63, 3.8) is 0 Å². The van der Waals surface area contributed by atoms with Gasteiger partial charge in [0.2, 0.25) is 0 Å². The van der Waals surface area contributed by atoms with E-state index in [1.807, 2.05) is 20.8 Å². The number of hydrogen-bond acceptors (Lipinski definition) is 8. The van der Waals surface area contributed by atoms with Gasteiger partial charge in [0, 0.05) is 6.54 Å². The molecule has 0 bridgehead atoms. The van der Waals surface area contributed by atoms with E-state index in [-0.39, 0.29) is 5.97 Å². The van der Waals surface area contributed by atoms with Crippen LogP contribution in [0.15, 0.2) is 24.3 Å². The maximum atomic E-state index is 11.4. The highest BCUT2D eigenvalue weighted by molar-refractivity contribution is 5.89. The Kier molecular flexibility index (Phi) is 12.5. The van der Waals surface area contributed by atoms with E-state index in [1.165, 1.54) is 7.11 Å². The molecule has 0 spiro atoms. The fourth-order valence-electron chi connectivity index (χ4n) is 2.10. The smallest absolute Gasteiger partial charge is 0.407 e. The molecule has 0 radical (unpaired) electrons. The number of ether oxygens (including phenoxy) is 6. The summed E-state index contributed by atoms with van der Waals surface area (Å²) in [5.74, 6) is 0.272. The second kappa shape index (κ2) is 14.6. The average molecular weight is 427 g/mol. The summed E-state index contributed by atoms with van der Waals surface area (Å²) in [6.07, 6.45) is -0.457. The molecule has 0 aromatic heterocycles. The summed E-state index contributed by atoms with van der Waals surface area (Å²) in [4.78, 5) is 22.8. The van der Waals surface area contributed by atoms with E-state index in [9.17, 15) is 9.59 Å². The second-order valence-electron chi connectivity index (χ2n) is 7.13. The lowest BCUT2D eigenvalue weighted by Gasteiger charge is -2.19. The first-order valence-electron chi connectivity index (χ1n) is 9.83. The minimum absolute atomic E-state index is 0.378. The van der Waals surface area contributed by atoms with Crippen LogP contribution in [0.5, 0.6) is 5.75 Å². The van der Waals surface area contributed by atoms with Gasteiger partial charge < -0.3 is 33.7 Å². The number of rotatable bonds is 14. The van der Waals surface area contributed by atoms with E-state index in [1.54, 1.807) is 24.3 Å². The van der Waals surface area contributed by atoms with Crippen LogP contribution < -0.4 is 10.1 Å². The van der Waals surface area contributed by atoms with Crippen molar-refractivity contribution in [2.45, 2.75) is 26.4 Å². The topological polar surface area (TPSA) is 102 Å². The summed E-state index contributed by atoms with van der Waals surface area (Å²) < 4.78 is 31.4. The van der Waals surface area contributed by atoms with Gasteiger partial charge in [0.15, 0.2) is 0 Å². The SMILES string of the molecule is COC(=O)c1ccc(OCCOCCOCCOCCNC(=O)OC(C)(C)C)cc1. The molecule has 0 atom stereocenters. The van der Waals surface area contributed by atoms with Crippen LogP contribution >= 0.6 is 0 Å². The molecule has 0 saturated heterocycles. The van der Waals surface area contributed by atoms with E-state index in [0.717, 1.165) is 0 Å². The molecular formula is C21H33NO8. The fourth-order valence-corrected chi connectivity index (χ4v) is 2.10. The maximum absolute atomic E-state index is 11.4. The van der Waals surface area contributed by atoms with Crippen LogP contribution in [0, 0.1) is 0 Å². The molecule has 170 valence electrons. The van der Waals surface area contributed by atoms with Crippen LogP contribution in [0.4, 0.5) is 4.79 Å². The van der Waals surface area contributed by atoms with Gasteiger partial charge in [0.25, 0.3) is 0 Å². The Labute approximate surface area is 177 Å². The van der Waals surface area contributed by atoms with Gasteiger partial charge in [-0.15, -0.1) is 0 Å². The van der Waals surface area contributed by atoms with Gasteiger partial charge in [0.05, 0.1) is 52.3 Å². The molecule has 0 fully saturated rings. The molecule has 0 aliphatic carbocycles. The quantitative estimate of drug-likeness (QED) is 0.357. The Hall–Kier alpha value is -2.36. The van der Waals surface area contributed by atoms with Crippen molar-refractivity contribution in [1.82, 2.24) is 5.32 Å². The monoisotopic (exact) mass is 427 g/mol. The third-order valence-electron chi connectivity index (χ3n) is 3.43. The Morgan fingerprint density at radius 1 is 0.833 bits per heavy atom. The van der Waals surface area contributed by atoms with Gasteiger partial charge in [-0.2, -0.15) is 0 Å². The molecule has 9 nitrogen and oxygen atoms in total. The zero-order valence-corrected chi connectivity index (χ0v) is 18.2. The largest absolute Gasteiger partial charge is 0.491 e.